The molecule has 1 N–H and O–H groups in total. The third kappa shape index (κ3) is 4.54. The van der Waals surface area contributed by atoms with Crippen molar-refractivity contribution in [3.05, 3.63) is 53.5 Å². The Bertz CT molecular complexity index is 721. The van der Waals surface area contributed by atoms with E-state index in [1.54, 1.807) is 7.11 Å². The average Bonchev–Trinajstić information content (AvgIpc) is 2.62. The van der Waals surface area contributed by atoms with E-state index in [-0.39, 0.29) is 11.9 Å². The molecule has 132 valence electrons. The van der Waals surface area contributed by atoms with Crippen molar-refractivity contribution in [2.24, 2.45) is 0 Å². The first-order valence-corrected chi connectivity index (χ1v) is 8.60. The van der Waals surface area contributed by atoms with E-state index in [1.807, 2.05) is 48.2 Å². The maximum atomic E-state index is 12.6. The van der Waals surface area contributed by atoms with Crippen LogP contribution in [0.1, 0.15) is 34.7 Å². The SMILES string of the molecule is COCc1nc(C)cc(N[C@H]2CCCN(C(=O)c3ccccc3)C2)n1. The van der Waals surface area contributed by atoms with Crippen molar-refractivity contribution in [2.75, 3.05) is 25.5 Å². The number of methoxy groups -OCH3 is 1. The number of aryl methyl sites for hydroxylation is 1. The lowest BCUT2D eigenvalue weighted by Crippen LogP contribution is -2.45. The van der Waals surface area contributed by atoms with Crippen LogP contribution in [0.4, 0.5) is 5.82 Å². The Hall–Kier alpha value is -2.47. The predicted molar refractivity (Wildman–Crippen MR) is 96.5 cm³/mol. The van der Waals surface area contributed by atoms with Gasteiger partial charge in [-0.05, 0) is 31.9 Å². The van der Waals surface area contributed by atoms with Gasteiger partial charge in [-0.15, -0.1) is 0 Å². The van der Waals surface area contributed by atoms with E-state index < -0.39 is 0 Å². The second-order valence-electron chi connectivity index (χ2n) is 6.34. The standard InChI is InChI=1S/C19H24N4O2/c1-14-11-17(22-18(20-14)13-25-2)21-16-9-6-10-23(12-16)19(24)15-7-4-3-5-8-15/h3-5,7-8,11,16H,6,9-10,12-13H2,1-2H3,(H,20,21,22)/t16-/m0/s1. The molecule has 1 amide bonds. The van der Waals surface area contributed by atoms with Crippen LogP contribution >= 0.6 is 0 Å². The number of carbonyl (C=O) groups excluding carboxylic acids is 1. The van der Waals surface area contributed by atoms with E-state index in [0.29, 0.717) is 19.0 Å². The minimum atomic E-state index is 0.0889. The van der Waals surface area contributed by atoms with Crippen molar-refractivity contribution in [1.29, 1.82) is 0 Å². The van der Waals surface area contributed by atoms with E-state index in [1.165, 1.54) is 0 Å². The summed E-state index contributed by atoms with van der Waals surface area (Å²) >= 11 is 0. The topological polar surface area (TPSA) is 67.3 Å². The van der Waals surface area contributed by atoms with Crippen LogP contribution in [0.5, 0.6) is 0 Å². The number of nitrogens with one attached hydrogen (secondary N) is 1. The minimum Gasteiger partial charge on any atom is -0.377 e. The molecule has 1 aromatic carbocycles. The van der Waals surface area contributed by atoms with Gasteiger partial charge in [0.1, 0.15) is 12.4 Å². The molecule has 2 heterocycles. The summed E-state index contributed by atoms with van der Waals surface area (Å²) in [6.45, 7) is 3.80. The number of hydrogen-bond acceptors (Lipinski definition) is 5. The predicted octanol–water partition coefficient (Wildman–Crippen LogP) is 2.65. The first-order valence-electron chi connectivity index (χ1n) is 8.60. The fourth-order valence-corrected chi connectivity index (χ4v) is 3.15. The highest BCUT2D eigenvalue weighted by Crippen LogP contribution is 2.18. The van der Waals surface area contributed by atoms with Gasteiger partial charge in [-0.3, -0.25) is 4.79 Å². The Balaban J connectivity index is 1.67. The molecule has 1 fully saturated rings. The van der Waals surface area contributed by atoms with E-state index >= 15 is 0 Å². The highest BCUT2D eigenvalue weighted by Gasteiger charge is 2.24. The van der Waals surface area contributed by atoms with Gasteiger partial charge in [0, 0.05) is 43.6 Å². The van der Waals surface area contributed by atoms with E-state index in [2.05, 4.69) is 15.3 Å². The molecule has 0 aliphatic carbocycles. The summed E-state index contributed by atoms with van der Waals surface area (Å²) in [7, 11) is 1.63. The van der Waals surface area contributed by atoms with Crippen molar-refractivity contribution in [2.45, 2.75) is 32.4 Å². The molecule has 6 heteroatoms. The number of benzene rings is 1. The smallest absolute Gasteiger partial charge is 0.253 e. The lowest BCUT2D eigenvalue weighted by molar-refractivity contribution is 0.0714. The molecule has 0 spiro atoms. The van der Waals surface area contributed by atoms with Crippen LogP contribution in [0.15, 0.2) is 36.4 Å². The summed E-state index contributed by atoms with van der Waals surface area (Å²) in [5.74, 6) is 1.54. The monoisotopic (exact) mass is 340 g/mol. The summed E-state index contributed by atoms with van der Waals surface area (Å²) in [6.07, 6.45) is 1.99. The Labute approximate surface area is 148 Å². The molecular weight excluding hydrogens is 316 g/mol. The average molecular weight is 340 g/mol. The van der Waals surface area contributed by atoms with E-state index in [4.69, 9.17) is 4.74 Å². The maximum Gasteiger partial charge on any atom is 0.253 e. The molecule has 3 rings (SSSR count). The quantitative estimate of drug-likeness (QED) is 0.906. The fourth-order valence-electron chi connectivity index (χ4n) is 3.15. The number of nitrogens with zero attached hydrogens (tertiary/aromatic N) is 3. The molecule has 0 radical (unpaired) electrons. The Morgan fingerprint density at radius 1 is 1.32 bits per heavy atom. The van der Waals surface area contributed by atoms with Crippen LogP contribution in [-0.2, 0) is 11.3 Å². The van der Waals surface area contributed by atoms with Gasteiger partial charge in [0.2, 0.25) is 0 Å². The van der Waals surface area contributed by atoms with Crippen molar-refractivity contribution in [3.63, 3.8) is 0 Å². The molecule has 25 heavy (non-hydrogen) atoms. The third-order valence-electron chi connectivity index (χ3n) is 4.26. The summed E-state index contributed by atoms with van der Waals surface area (Å²) in [5.41, 5.74) is 1.64. The second-order valence-corrected chi connectivity index (χ2v) is 6.34. The molecule has 1 aromatic heterocycles. The van der Waals surface area contributed by atoms with Gasteiger partial charge in [-0.2, -0.15) is 0 Å². The minimum absolute atomic E-state index is 0.0889. The van der Waals surface area contributed by atoms with Gasteiger partial charge in [-0.25, -0.2) is 9.97 Å². The second kappa shape index (κ2) is 8.07. The molecule has 1 saturated heterocycles. The Morgan fingerprint density at radius 2 is 2.12 bits per heavy atom. The van der Waals surface area contributed by atoms with Crippen LogP contribution < -0.4 is 5.32 Å². The van der Waals surface area contributed by atoms with Crippen molar-refractivity contribution < 1.29 is 9.53 Å². The Kier molecular flexibility index (Phi) is 5.60. The third-order valence-corrected chi connectivity index (χ3v) is 4.26. The van der Waals surface area contributed by atoms with Crippen LogP contribution in [0, 0.1) is 6.92 Å². The fraction of sp³-hybridized carbons (Fsp3) is 0.421. The molecule has 0 saturated carbocycles. The summed E-state index contributed by atoms with van der Waals surface area (Å²) in [5, 5.41) is 3.46. The van der Waals surface area contributed by atoms with Crippen LogP contribution in [-0.4, -0.2) is 47.0 Å². The lowest BCUT2D eigenvalue weighted by atomic mass is 10.0. The van der Waals surface area contributed by atoms with Crippen LogP contribution in [0.25, 0.3) is 0 Å². The highest BCUT2D eigenvalue weighted by atomic mass is 16.5. The molecule has 1 atom stereocenters. The first kappa shape index (κ1) is 17.4. The molecule has 1 aliphatic rings. The van der Waals surface area contributed by atoms with Gasteiger partial charge in [0.15, 0.2) is 5.82 Å². The molecule has 0 unspecified atom stereocenters. The van der Waals surface area contributed by atoms with Gasteiger partial charge in [0.25, 0.3) is 5.91 Å². The summed E-state index contributed by atoms with van der Waals surface area (Å²) in [6, 6.07) is 11.6. The molecule has 2 aromatic rings. The van der Waals surface area contributed by atoms with Crippen molar-refractivity contribution in [3.8, 4) is 0 Å². The molecule has 1 aliphatic heterocycles. The largest absolute Gasteiger partial charge is 0.377 e. The summed E-state index contributed by atoms with van der Waals surface area (Å²) in [4.78, 5) is 23.4. The Morgan fingerprint density at radius 3 is 2.88 bits per heavy atom. The van der Waals surface area contributed by atoms with E-state index in [0.717, 1.165) is 36.5 Å². The number of ether oxygens (including phenoxy) is 1. The number of piperidine rings is 1. The van der Waals surface area contributed by atoms with Crippen LogP contribution in [0.2, 0.25) is 0 Å². The number of amides is 1. The van der Waals surface area contributed by atoms with Crippen molar-refractivity contribution in [1.82, 2.24) is 14.9 Å². The normalized spacial score (nSPS) is 17.4. The number of likely N-dealkylation sites (tertiary alicyclic amines) is 1. The van der Waals surface area contributed by atoms with Gasteiger partial charge in [0.05, 0.1) is 0 Å². The molecule has 0 bridgehead atoms. The summed E-state index contributed by atoms with van der Waals surface area (Å²) < 4.78 is 5.12. The highest BCUT2D eigenvalue weighted by molar-refractivity contribution is 5.94. The first-order chi connectivity index (χ1) is 12.2. The number of carbonyl (C=O) groups is 1. The lowest BCUT2D eigenvalue weighted by Gasteiger charge is -2.33. The number of rotatable bonds is 5. The van der Waals surface area contributed by atoms with E-state index in [9.17, 15) is 4.79 Å². The zero-order valence-electron chi connectivity index (χ0n) is 14.7. The van der Waals surface area contributed by atoms with Gasteiger partial charge >= 0.3 is 0 Å². The van der Waals surface area contributed by atoms with Crippen LogP contribution in [0.3, 0.4) is 0 Å². The zero-order chi connectivity index (χ0) is 17.6. The molecule has 6 nitrogen and oxygen atoms in total. The van der Waals surface area contributed by atoms with Gasteiger partial charge < -0.3 is 15.0 Å². The number of hydrogen-bond donors (Lipinski definition) is 1. The zero-order valence-corrected chi connectivity index (χ0v) is 14.7. The number of anilines is 1. The van der Waals surface area contributed by atoms with Gasteiger partial charge in [-0.1, -0.05) is 18.2 Å². The molecular formula is C19H24N4O2. The van der Waals surface area contributed by atoms with Crippen molar-refractivity contribution >= 4 is 11.7 Å². The number of aromatic nitrogens is 2. The maximum absolute atomic E-state index is 12.6.